The summed E-state index contributed by atoms with van der Waals surface area (Å²) in [7, 11) is 0. The molecule has 2 aromatic rings. The van der Waals surface area contributed by atoms with Crippen molar-refractivity contribution in [2.24, 2.45) is 0 Å². The second kappa shape index (κ2) is 5.35. The Bertz CT molecular complexity index is 521. The van der Waals surface area contributed by atoms with Crippen LogP contribution < -0.4 is 5.32 Å². The highest BCUT2D eigenvalue weighted by molar-refractivity contribution is 7.13. The molecule has 7 heteroatoms. The smallest absolute Gasteiger partial charge is 0.308 e. The van der Waals surface area contributed by atoms with E-state index in [1.165, 1.54) is 4.88 Å². The van der Waals surface area contributed by atoms with E-state index in [0.717, 1.165) is 29.1 Å². The molecule has 2 aromatic heterocycles. The van der Waals surface area contributed by atoms with Crippen LogP contribution in [0.25, 0.3) is 0 Å². The Balaban J connectivity index is 1.86. The third-order valence-corrected chi connectivity index (χ3v) is 4.14. The van der Waals surface area contributed by atoms with Crippen molar-refractivity contribution in [1.29, 1.82) is 0 Å². The maximum Gasteiger partial charge on any atom is 0.324 e. The van der Waals surface area contributed by atoms with Crippen LogP contribution in [0.15, 0.2) is 17.0 Å². The van der Waals surface area contributed by atoms with Crippen LogP contribution in [0.3, 0.4) is 0 Å². The molecular weight excluding hydrogens is 258 g/mol. The number of thiophene rings is 1. The third kappa shape index (κ3) is 3.09. The molecule has 90 valence electrons. The van der Waals surface area contributed by atoms with Crippen molar-refractivity contribution in [3.63, 3.8) is 0 Å². The molecule has 0 saturated heterocycles. The lowest BCUT2D eigenvalue weighted by Crippen LogP contribution is -2.11. The quantitative estimate of drug-likeness (QED) is 0.669. The van der Waals surface area contributed by atoms with Crippen molar-refractivity contribution in [2.45, 2.75) is 20.0 Å². The number of hydrogen-bond donors (Lipinski definition) is 1. The number of thiazole rings is 1. The summed E-state index contributed by atoms with van der Waals surface area (Å²) in [6, 6.07) is 1.61. The van der Waals surface area contributed by atoms with E-state index < -0.39 is 0 Å². The summed E-state index contributed by atoms with van der Waals surface area (Å²) in [5, 5.41) is 15.8. The maximum atomic E-state index is 10.5. The first-order chi connectivity index (χ1) is 8.16. The number of hydrogen-bond acceptors (Lipinski definition) is 6. The Kier molecular flexibility index (Phi) is 3.82. The molecule has 0 aliphatic rings. The Morgan fingerprint density at radius 3 is 2.88 bits per heavy atom. The molecule has 0 spiro atoms. The molecular formula is C10H11N3O2S2. The summed E-state index contributed by atoms with van der Waals surface area (Å²) in [4.78, 5) is 15.5. The van der Waals surface area contributed by atoms with Crippen LogP contribution in [-0.4, -0.2) is 9.91 Å². The van der Waals surface area contributed by atoms with Gasteiger partial charge in [-0.2, -0.15) is 0 Å². The molecule has 0 bridgehead atoms. The number of nitro groups is 1. The molecule has 17 heavy (non-hydrogen) atoms. The lowest BCUT2D eigenvalue weighted by molar-refractivity contribution is -0.380. The fourth-order valence-electron chi connectivity index (χ4n) is 1.37. The van der Waals surface area contributed by atoms with Gasteiger partial charge in [0.05, 0.1) is 16.1 Å². The second-order valence-electron chi connectivity index (χ2n) is 3.51. The Hall–Kier alpha value is -1.31. The normalized spacial score (nSPS) is 10.6. The van der Waals surface area contributed by atoms with E-state index in [-0.39, 0.29) is 9.92 Å². The molecule has 0 fully saturated rings. The minimum absolute atomic E-state index is 0.191. The van der Waals surface area contributed by atoms with Gasteiger partial charge in [0.25, 0.3) is 0 Å². The maximum absolute atomic E-state index is 10.5. The van der Waals surface area contributed by atoms with E-state index in [2.05, 4.69) is 10.3 Å². The van der Waals surface area contributed by atoms with Gasteiger partial charge in [-0.3, -0.25) is 10.1 Å². The molecule has 1 N–H and O–H groups in total. The van der Waals surface area contributed by atoms with E-state index in [1.807, 2.05) is 17.8 Å². The number of aromatic nitrogens is 1. The lowest BCUT2D eigenvalue weighted by atomic mass is 10.3. The van der Waals surface area contributed by atoms with E-state index in [0.29, 0.717) is 6.54 Å². The van der Waals surface area contributed by atoms with Gasteiger partial charge in [-0.25, -0.2) is 4.98 Å². The minimum atomic E-state index is -0.360. The molecule has 0 saturated carbocycles. The predicted molar refractivity (Wildman–Crippen MR) is 68.4 cm³/mol. The average Bonchev–Trinajstić information content (AvgIpc) is 2.89. The lowest BCUT2D eigenvalue weighted by Gasteiger charge is -2.00. The van der Waals surface area contributed by atoms with Crippen molar-refractivity contribution in [3.8, 4) is 0 Å². The largest absolute Gasteiger partial charge is 0.324 e. The summed E-state index contributed by atoms with van der Waals surface area (Å²) < 4.78 is 0. The Labute approximate surface area is 106 Å². The van der Waals surface area contributed by atoms with Gasteiger partial charge >= 0.3 is 5.00 Å². The molecule has 0 unspecified atom stereocenters. The number of nitrogens with one attached hydrogen (secondary N) is 1. The van der Waals surface area contributed by atoms with E-state index >= 15 is 0 Å². The molecule has 0 aliphatic heterocycles. The van der Waals surface area contributed by atoms with Gasteiger partial charge in [-0.05, 0) is 12.5 Å². The first-order valence-corrected chi connectivity index (χ1v) is 6.74. The van der Waals surface area contributed by atoms with Crippen molar-refractivity contribution in [1.82, 2.24) is 10.3 Å². The van der Waals surface area contributed by atoms with Crippen molar-refractivity contribution < 1.29 is 4.92 Å². The van der Waals surface area contributed by atoms with Gasteiger partial charge in [0, 0.05) is 29.4 Å². The second-order valence-corrected chi connectivity index (χ2v) is 5.34. The zero-order valence-electron chi connectivity index (χ0n) is 9.17. The van der Waals surface area contributed by atoms with Gasteiger partial charge in [-0.1, -0.05) is 11.3 Å². The number of nitrogens with zero attached hydrogens (tertiary/aromatic N) is 2. The highest BCUT2D eigenvalue weighted by atomic mass is 32.1. The van der Waals surface area contributed by atoms with Gasteiger partial charge in [0.15, 0.2) is 0 Å². The molecule has 5 nitrogen and oxygen atoms in total. The molecule has 2 heterocycles. The summed E-state index contributed by atoms with van der Waals surface area (Å²) in [5.74, 6) is 0. The molecule has 0 atom stereocenters. The Morgan fingerprint density at radius 2 is 2.29 bits per heavy atom. The standard InChI is InChI=1S/C10H11N3O2S2/c1-7-9(17-6-12-7)4-11-3-8-2-10(13(14)15)16-5-8/h2,5-6,11H,3-4H2,1H3. The summed E-state index contributed by atoms with van der Waals surface area (Å²) in [5.41, 5.74) is 3.81. The van der Waals surface area contributed by atoms with E-state index in [9.17, 15) is 10.1 Å². The van der Waals surface area contributed by atoms with E-state index in [4.69, 9.17) is 0 Å². The zero-order valence-corrected chi connectivity index (χ0v) is 10.8. The zero-order chi connectivity index (χ0) is 12.3. The highest BCUT2D eigenvalue weighted by Crippen LogP contribution is 2.22. The Morgan fingerprint density at radius 1 is 1.47 bits per heavy atom. The SMILES string of the molecule is Cc1ncsc1CNCc1csc([N+](=O)[O-])c1. The van der Waals surface area contributed by atoms with Crippen molar-refractivity contribution >= 4 is 27.7 Å². The van der Waals surface area contributed by atoms with Gasteiger partial charge in [-0.15, -0.1) is 11.3 Å². The molecule has 0 amide bonds. The van der Waals surface area contributed by atoms with Crippen LogP contribution in [-0.2, 0) is 13.1 Å². The minimum Gasteiger partial charge on any atom is -0.308 e. The monoisotopic (exact) mass is 269 g/mol. The van der Waals surface area contributed by atoms with Crippen LogP contribution >= 0.6 is 22.7 Å². The third-order valence-electron chi connectivity index (χ3n) is 2.28. The molecule has 0 aromatic carbocycles. The van der Waals surface area contributed by atoms with E-state index in [1.54, 1.807) is 17.4 Å². The molecule has 0 radical (unpaired) electrons. The fourth-order valence-corrected chi connectivity index (χ4v) is 2.84. The number of aryl methyl sites for hydroxylation is 1. The topological polar surface area (TPSA) is 68.1 Å². The molecule has 2 rings (SSSR count). The average molecular weight is 269 g/mol. The van der Waals surface area contributed by atoms with Crippen LogP contribution in [0.2, 0.25) is 0 Å². The first-order valence-electron chi connectivity index (χ1n) is 4.98. The van der Waals surface area contributed by atoms with Gasteiger partial charge in [0.2, 0.25) is 0 Å². The van der Waals surface area contributed by atoms with Crippen LogP contribution in [0, 0.1) is 17.0 Å². The van der Waals surface area contributed by atoms with Crippen molar-refractivity contribution in [2.75, 3.05) is 0 Å². The predicted octanol–water partition coefficient (Wildman–Crippen LogP) is 2.71. The fraction of sp³-hybridized carbons (Fsp3) is 0.300. The summed E-state index contributed by atoms with van der Waals surface area (Å²) in [6.07, 6.45) is 0. The van der Waals surface area contributed by atoms with Gasteiger partial charge < -0.3 is 5.32 Å². The summed E-state index contributed by atoms with van der Waals surface area (Å²) in [6.45, 7) is 3.37. The first kappa shape index (κ1) is 12.2. The highest BCUT2D eigenvalue weighted by Gasteiger charge is 2.09. The number of rotatable bonds is 5. The van der Waals surface area contributed by atoms with Crippen molar-refractivity contribution in [3.05, 3.63) is 43.2 Å². The summed E-state index contributed by atoms with van der Waals surface area (Å²) >= 11 is 2.78. The van der Waals surface area contributed by atoms with Crippen LogP contribution in [0.5, 0.6) is 0 Å². The van der Waals surface area contributed by atoms with Crippen LogP contribution in [0.4, 0.5) is 5.00 Å². The van der Waals surface area contributed by atoms with Crippen LogP contribution in [0.1, 0.15) is 16.1 Å². The molecule has 0 aliphatic carbocycles. The van der Waals surface area contributed by atoms with Gasteiger partial charge in [0.1, 0.15) is 0 Å².